The van der Waals surface area contributed by atoms with Crippen molar-refractivity contribution < 1.29 is 14.3 Å². The molecule has 0 aliphatic rings. The Bertz CT molecular complexity index is 869. The van der Waals surface area contributed by atoms with Gasteiger partial charge in [0.05, 0.1) is 6.54 Å². The van der Waals surface area contributed by atoms with Crippen LogP contribution in [0.3, 0.4) is 0 Å². The van der Waals surface area contributed by atoms with Crippen LogP contribution in [0.5, 0.6) is 0 Å². The van der Waals surface area contributed by atoms with Gasteiger partial charge in [-0.15, -0.1) is 0 Å². The van der Waals surface area contributed by atoms with Gasteiger partial charge in [0.1, 0.15) is 16.9 Å². The lowest BCUT2D eigenvalue weighted by Crippen LogP contribution is -2.24. The van der Waals surface area contributed by atoms with Gasteiger partial charge in [-0.3, -0.25) is 9.13 Å². The van der Waals surface area contributed by atoms with Crippen LogP contribution in [-0.4, -0.2) is 20.2 Å². The third kappa shape index (κ3) is 2.14. The van der Waals surface area contributed by atoms with Crippen molar-refractivity contribution in [1.82, 2.24) is 9.13 Å². The molecule has 0 radical (unpaired) electrons. The molecule has 0 aliphatic carbocycles. The van der Waals surface area contributed by atoms with Gasteiger partial charge in [-0.05, 0) is 13.0 Å². The summed E-state index contributed by atoms with van der Waals surface area (Å²) in [5.74, 6) is -0.780. The predicted molar refractivity (Wildman–Crippen MR) is 76.6 cm³/mol. The Morgan fingerprint density at radius 2 is 1.95 bits per heavy atom. The smallest absolute Gasteiger partial charge is 0.339 e. The van der Waals surface area contributed by atoms with E-state index in [0.717, 1.165) is 0 Å². The van der Waals surface area contributed by atoms with Crippen molar-refractivity contribution in [3.05, 3.63) is 58.5 Å². The number of carboxylic acids is 1. The highest BCUT2D eigenvalue weighted by atomic mass is 16.4. The fourth-order valence-corrected chi connectivity index (χ4v) is 2.41. The molecule has 21 heavy (non-hydrogen) atoms. The maximum Gasteiger partial charge on any atom is 0.339 e. The number of hydrogen-bond donors (Lipinski definition) is 1. The molecule has 0 aliphatic heterocycles. The number of para-hydroxylation sites is 1. The van der Waals surface area contributed by atoms with E-state index in [0.29, 0.717) is 17.5 Å². The second-order valence-corrected chi connectivity index (χ2v) is 4.70. The average Bonchev–Trinajstić information content (AvgIpc) is 3.00. The topological polar surface area (TPSA) is 77.4 Å². The molecule has 3 rings (SSSR count). The summed E-state index contributed by atoms with van der Waals surface area (Å²) in [7, 11) is 0. The quantitative estimate of drug-likeness (QED) is 0.797. The van der Waals surface area contributed by atoms with E-state index < -0.39 is 5.97 Å². The second-order valence-electron chi connectivity index (χ2n) is 4.70. The monoisotopic (exact) mass is 286 g/mol. The Morgan fingerprint density at radius 3 is 2.62 bits per heavy atom. The van der Waals surface area contributed by atoms with Gasteiger partial charge in [0, 0.05) is 24.3 Å². The minimum atomic E-state index is -1.06. The van der Waals surface area contributed by atoms with Crippen LogP contribution in [0.1, 0.15) is 23.0 Å². The highest BCUT2D eigenvalue weighted by Gasteiger charge is 2.20. The fourth-order valence-electron chi connectivity index (χ4n) is 2.41. The van der Waals surface area contributed by atoms with Gasteiger partial charge in [0.15, 0.2) is 0 Å². The molecule has 1 N–H and O–H groups in total. The van der Waals surface area contributed by atoms with Crippen molar-refractivity contribution in [2.24, 2.45) is 0 Å². The van der Waals surface area contributed by atoms with E-state index in [-0.39, 0.29) is 23.6 Å². The summed E-state index contributed by atoms with van der Waals surface area (Å²) in [6.07, 6.45) is 3.30. The van der Waals surface area contributed by atoms with Crippen molar-refractivity contribution in [3.63, 3.8) is 0 Å². The summed E-state index contributed by atoms with van der Waals surface area (Å²) in [6, 6.07) is 6.95. The highest BCUT2D eigenvalue weighted by Crippen LogP contribution is 2.26. The molecule has 0 unspecified atom stereocenters. The number of benzene rings is 1. The zero-order valence-electron chi connectivity index (χ0n) is 11.4. The largest absolute Gasteiger partial charge is 0.478 e. The van der Waals surface area contributed by atoms with Crippen molar-refractivity contribution >= 4 is 16.9 Å². The molecule has 0 amide bonds. The zero-order chi connectivity index (χ0) is 15.0. The maximum atomic E-state index is 12.0. The van der Waals surface area contributed by atoms with E-state index in [2.05, 4.69) is 0 Å². The van der Waals surface area contributed by atoms with Crippen LogP contribution >= 0.6 is 0 Å². The number of aromatic carboxylic acids is 1. The van der Waals surface area contributed by atoms with E-state index in [1.54, 1.807) is 41.2 Å². The van der Waals surface area contributed by atoms with Crippen LogP contribution < -0.4 is 5.69 Å². The predicted octanol–water partition coefficient (Wildman–Crippen LogP) is 2.16. The van der Waals surface area contributed by atoms with Gasteiger partial charge in [-0.2, -0.15) is 0 Å². The highest BCUT2D eigenvalue weighted by molar-refractivity contribution is 6.03. The lowest BCUT2D eigenvalue weighted by Gasteiger charge is -2.00. The van der Waals surface area contributed by atoms with Gasteiger partial charge in [0.2, 0.25) is 0 Å². The SMILES string of the molecule is CCn1ccn(Cc2oc3ccccc3c2C(=O)O)c1=O. The van der Waals surface area contributed by atoms with Gasteiger partial charge in [-0.1, -0.05) is 18.2 Å². The number of carbonyl (C=O) groups is 1. The number of aromatic nitrogens is 2. The van der Waals surface area contributed by atoms with Crippen LogP contribution in [0.15, 0.2) is 45.9 Å². The first-order valence-electron chi connectivity index (χ1n) is 6.61. The van der Waals surface area contributed by atoms with E-state index >= 15 is 0 Å². The minimum Gasteiger partial charge on any atom is -0.478 e. The van der Waals surface area contributed by atoms with Crippen LogP contribution in [0.4, 0.5) is 0 Å². The molecule has 0 atom stereocenters. The van der Waals surface area contributed by atoms with Crippen LogP contribution in [0.2, 0.25) is 0 Å². The summed E-state index contributed by atoms with van der Waals surface area (Å²) < 4.78 is 8.60. The van der Waals surface area contributed by atoms with E-state index in [9.17, 15) is 14.7 Å². The molecule has 0 spiro atoms. The number of carboxylic acid groups (broad SMARTS) is 1. The number of rotatable bonds is 4. The minimum absolute atomic E-state index is 0.0994. The van der Waals surface area contributed by atoms with Crippen molar-refractivity contribution in [1.29, 1.82) is 0 Å². The van der Waals surface area contributed by atoms with E-state index in [1.807, 2.05) is 6.92 Å². The number of imidazole rings is 1. The Labute approximate surface area is 119 Å². The maximum absolute atomic E-state index is 12.0. The van der Waals surface area contributed by atoms with Crippen LogP contribution in [-0.2, 0) is 13.1 Å². The molecule has 0 saturated heterocycles. The first kappa shape index (κ1) is 13.2. The Kier molecular flexibility index (Phi) is 3.13. The third-order valence-electron chi connectivity index (χ3n) is 3.45. The van der Waals surface area contributed by atoms with Crippen molar-refractivity contribution in [2.75, 3.05) is 0 Å². The van der Waals surface area contributed by atoms with Crippen LogP contribution in [0, 0.1) is 0 Å². The van der Waals surface area contributed by atoms with Crippen molar-refractivity contribution in [3.8, 4) is 0 Å². The lowest BCUT2D eigenvalue weighted by molar-refractivity contribution is 0.0696. The Morgan fingerprint density at radius 1 is 1.24 bits per heavy atom. The molecule has 0 bridgehead atoms. The third-order valence-corrected chi connectivity index (χ3v) is 3.45. The summed E-state index contributed by atoms with van der Waals surface area (Å²) in [5, 5.41) is 9.94. The molecule has 6 heteroatoms. The van der Waals surface area contributed by atoms with E-state index in [1.165, 1.54) is 4.57 Å². The first-order valence-corrected chi connectivity index (χ1v) is 6.61. The molecule has 1 aromatic carbocycles. The summed E-state index contributed by atoms with van der Waals surface area (Å²) in [5.41, 5.74) is 0.434. The lowest BCUT2D eigenvalue weighted by atomic mass is 10.1. The zero-order valence-corrected chi connectivity index (χ0v) is 11.4. The summed E-state index contributed by atoms with van der Waals surface area (Å²) in [6.45, 7) is 2.54. The normalized spacial score (nSPS) is 11.1. The second kappa shape index (κ2) is 4.97. The molecule has 0 saturated carbocycles. The molecular weight excluding hydrogens is 272 g/mol. The summed E-state index contributed by atoms with van der Waals surface area (Å²) in [4.78, 5) is 23.5. The van der Waals surface area contributed by atoms with Crippen molar-refractivity contribution in [2.45, 2.75) is 20.0 Å². The molecule has 2 heterocycles. The molecular formula is C15H14N2O4. The summed E-state index contributed by atoms with van der Waals surface area (Å²) >= 11 is 0. The number of nitrogens with zero attached hydrogens (tertiary/aromatic N) is 2. The van der Waals surface area contributed by atoms with Gasteiger partial charge in [-0.25, -0.2) is 9.59 Å². The molecule has 108 valence electrons. The van der Waals surface area contributed by atoms with Crippen LogP contribution in [0.25, 0.3) is 11.0 Å². The Hall–Kier alpha value is -2.76. The number of aryl methyl sites for hydroxylation is 1. The first-order chi connectivity index (χ1) is 10.1. The molecule has 2 aromatic heterocycles. The number of hydrogen-bond acceptors (Lipinski definition) is 3. The fraction of sp³-hybridized carbons (Fsp3) is 0.200. The standard InChI is InChI=1S/C15H14N2O4/c1-2-16-7-8-17(15(16)20)9-12-13(14(18)19)10-5-3-4-6-11(10)21-12/h3-8H,2,9H2,1H3,(H,18,19). The molecule has 3 aromatic rings. The molecule has 6 nitrogen and oxygen atoms in total. The average molecular weight is 286 g/mol. The number of fused-ring (bicyclic) bond motifs is 1. The molecule has 0 fully saturated rings. The van der Waals surface area contributed by atoms with E-state index in [4.69, 9.17) is 4.42 Å². The van der Waals surface area contributed by atoms with Gasteiger partial charge in [0.25, 0.3) is 0 Å². The number of furan rings is 1. The van der Waals surface area contributed by atoms with Gasteiger partial charge < -0.3 is 9.52 Å². The van der Waals surface area contributed by atoms with Gasteiger partial charge >= 0.3 is 11.7 Å². The Balaban J connectivity index is 2.11.